The molecule has 8 nitrogen and oxygen atoms in total. The van der Waals surface area contributed by atoms with Crippen molar-refractivity contribution in [3.63, 3.8) is 0 Å². The molecule has 0 radical (unpaired) electrons. The monoisotopic (exact) mass is 422 g/mol. The van der Waals surface area contributed by atoms with E-state index in [0.717, 1.165) is 60.3 Å². The number of aromatic nitrogens is 2. The third kappa shape index (κ3) is 3.06. The highest BCUT2D eigenvalue weighted by Gasteiger charge is 2.54. The van der Waals surface area contributed by atoms with Gasteiger partial charge in [-0.3, -0.25) is 14.3 Å². The van der Waals surface area contributed by atoms with Gasteiger partial charge in [0.25, 0.3) is 5.56 Å². The molecular weight excluding hydrogens is 392 g/mol. The lowest BCUT2D eigenvalue weighted by Gasteiger charge is -2.32. The molecule has 2 N–H and O–H groups in total. The van der Waals surface area contributed by atoms with Gasteiger partial charge < -0.3 is 15.6 Å². The fraction of sp³-hybridized carbons (Fsp3) is 0.609. The molecule has 1 saturated heterocycles. The zero-order chi connectivity index (χ0) is 21.9. The third-order valence-electron chi connectivity index (χ3n) is 7.78. The van der Waals surface area contributed by atoms with Crippen LogP contribution in [0.2, 0.25) is 0 Å². The Morgan fingerprint density at radius 1 is 1.26 bits per heavy atom. The summed E-state index contributed by atoms with van der Waals surface area (Å²) in [6.45, 7) is 12.4. The van der Waals surface area contributed by atoms with Crippen molar-refractivity contribution in [2.24, 2.45) is 5.92 Å². The van der Waals surface area contributed by atoms with E-state index in [2.05, 4.69) is 21.7 Å². The fourth-order valence-electron chi connectivity index (χ4n) is 5.69. The number of fused-ring (bicyclic) bond motifs is 1. The SMILES string of the molecule is [C-]#[N+]CCN(C)C1(C2CCN(c3ccc4c(=O)n(N)c(=O)n(C5CC5)c4c3C)C2)CC1. The highest BCUT2D eigenvalue weighted by molar-refractivity contribution is 5.87. The second-order valence-corrected chi connectivity index (χ2v) is 9.50. The molecule has 31 heavy (non-hydrogen) atoms. The summed E-state index contributed by atoms with van der Waals surface area (Å²) in [7, 11) is 2.16. The predicted molar refractivity (Wildman–Crippen MR) is 122 cm³/mol. The molecule has 2 heterocycles. The summed E-state index contributed by atoms with van der Waals surface area (Å²) in [6.07, 6.45) is 5.42. The number of hydrogen-bond donors (Lipinski definition) is 1. The Labute approximate surface area is 181 Å². The van der Waals surface area contributed by atoms with Gasteiger partial charge in [-0.2, -0.15) is 4.68 Å². The average molecular weight is 423 g/mol. The lowest BCUT2D eigenvalue weighted by Crippen LogP contribution is -2.44. The Bertz CT molecular complexity index is 1200. The maximum absolute atomic E-state index is 12.8. The first-order chi connectivity index (χ1) is 14.9. The molecular formula is C23H30N6O2. The first kappa shape index (κ1) is 20.1. The largest absolute Gasteiger partial charge is 0.371 e. The summed E-state index contributed by atoms with van der Waals surface area (Å²) >= 11 is 0. The normalized spacial score (nSPS) is 22.3. The number of nitrogen functional groups attached to an aromatic ring is 1. The molecule has 0 bridgehead atoms. The van der Waals surface area contributed by atoms with Crippen LogP contribution >= 0.6 is 0 Å². The highest BCUT2D eigenvalue weighted by atomic mass is 16.2. The zero-order valence-electron chi connectivity index (χ0n) is 18.3. The molecule has 0 amide bonds. The Balaban J connectivity index is 1.50. The van der Waals surface area contributed by atoms with Gasteiger partial charge in [0.15, 0.2) is 0 Å². The molecule has 2 saturated carbocycles. The van der Waals surface area contributed by atoms with Crippen LogP contribution < -0.4 is 22.0 Å². The molecule has 1 aliphatic heterocycles. The highest BCUT2D eigenvalue weighted by Crippen LogP contribution is 2.51. The van der Waals surface area contributed by atoms with Gasteiger partial charge in [0.1, 0.15) is 0 Å². The molecule has 3 fully saturated rings. The molecule has 5 rings (SSSR count). The smallest absolute Gasteiger partial charge is 0.350 e. The molecule has 8 heteroatoms. The van der Waals surface area contributed by atoms with E-state index in [1.54, 1.807) is 4.57 Å². The number of rotatable bonds is 6. The van der Waals surface area contributed by atoms with E-state index >= 15 is 0 Å². The third-order valence-corrected chi connectivity index (χ3v) is 7.78. The Morgan fingerprint density at radius 2 is 2.00 bits per heavy atom. The summed E-state index contributed by atoms with van der Waals surface area (Å²) < 4.78 is 2.49. The van der Waals surface area contributed by atoms with Crippen LogP contribution in [0, 0.1) is 19.4 Å². The van der Waals surface area contributed by atoms with Gasteiger partial charge in [0.2, 0.25) is 6.54 Å². The van der Waals surface area contributed by atoms with E-state index in [1.165, 1.54) is 12.8 Å². The average Bonchev–Trinajstić information content (AvgIpc) is 3.70. The van der Waals surface area contributed by atoms with Crippen LogP contribution in [0.5, 0.6) is 0 Å². The summed E-state index contributed by atoms with van der Waals surface area (Å²) in [4.78, 5) is 33.8. The first-order valence-electron chi connectivity index (χ1n) is 11.2. The van der Waals surface area contributed by atoms with Crippen LogP contribution in [0.3, 0.4) is 0 Å². The van der Waals surface area contributed by atoms with E-state index in [1.807, 2.05) is 19.1 Å². The van der Waals surface area contributed by atoms with Gasteiger partial charge >= 0.3 is 5.69 Å². The number of hydrogen-bond acceptors (Lipinski definition) is 5. The molecule has 1 aromatic heterocycles. The number of likely N-dealkylation sites (N-methyl/N-ethyl adjacent to an activating group) is 1. The molecule has 1 aromatic carbocycles. The Kier molecular flexibility index (Phi) is 4.63. The van der Waals surface area contributed by atoms with Crippen molar-refractivity contribution in [2.75, 3.05) is 44.0 Å². The minimum Gasteiger partial charge on any atom is -0.371 e. The van der Waals surface area contributed by atoms with E-state index in [9.17, 15) is 9.59 Å². The molecule has 0 spiro atoms. The van der Waals surface area contributed by atoms with Gasteiger partial charge in [-0.1, -0.05) is 0 Å². The van der Waals surface area contributed by atoms with Crippen LogP contribution in [-0.4, -0.2) is 52.9 Å². The van der Waals surface area contributed by atoms with Gasteiger partial charge in [-0.05, 0) is 69.7 Å². The van der Waals surface area contributed by atoms with Crippen LogP contribution in [0.25, 0.3) is 15.7 Å². The molecule has 3 aliphatic rings. The van der Waals surface area contributed by atoms with E-state index in [0.29, 0.717) is 17.8 Å². The number of benzene rings is 1. The van der Waals surface area contributed by atoms with E-state index < -0.39 is 11.2 Å². The van der Waals surface area contributed by atoms with Crippen molar-refractivity contribution in [3.05, 3.63) is 50.0 Å². The standard InChI is InChI=1S/C23H30N6O2/c1-15-19(27-12-8-16(14-27)23(9-10-23)26(3)13-11-25-2)7-6-18-20(15)28(17-4-5-17)22(31)29(24)21(18)30/h6-7,16-17H,4-5,8-14,24H2,1,3H3. The lowest BCUT2D eigenvalue weighted by molar-refractivity contribution is 0.168. The van der Waals surface area contributed by atoms with Crippen LogP contribution in [-0.2, 0) is 0 Å². The van der Waals surface area contributed by atoms with Gasteiger partial charge in [-0.25, -0.2) is 11.4 Å². The van der Waals surface area contributed by atoms with Gasteiger partial charge in [0, 0.05) is 30.4 Å². The molecule has 2 aromatic rings. The Hall–Kier alpha value is -2.79. The second-order valence-electron chi connectivity index (χ2n) is 9.50. The summed E-state index contributed by atoms with van der Waals surface area (Å²) in [5.74, 6) is 6.37. The molecule has 164 valence electrons. The summed E-state index contributed by atoms with van der Waals surface area (Å²) in [6, 6.07) is 3.99. The van der Waals surface area contributed by atoms with Crippen molar-refractivity contribution >= 4 is 16.6 Å². The predicted octanol–water partition coefficient (Wildman–Crippen LogP) is 1.73. The van der Waals surface area contributed by atoms with E-state index in [4.69, 9.17) is 12.4 Å². The molecule has 1 atom stereocenters. The van der Waals surface area contributed by atoms with Crippen LogP contribution in [0.4, 0.5) is 5.69 Å². The topological polar surface area (TPSA) is 80.9 Å². The molecule has 2 aliphatic carbocycles. The number of aryl methyl sites for hydroxylation is 1. The van der Waals surface area contributed by atoms with Crippen molar-refractivity contribution in [3.8, 4) is 0 Å². The van der Waals surface area contributed by atoms with Gasteiger partial charge in [0.05, 0.1) is 17.4 Å². The van der Waals surface area contributed by atoms with Crippen LogP contribution in [0.15, 0.2) is 21.7 Å². The number of nitrogens with two attached hydrogens (primary N) is 1. The van der Waals surface area contributed by atoms with Crippen molar-refractivity contribution < 1.29 is 0 Å². The quantitative estimate of drug-likeness (QED) is 0.566. The first-order valence-corrected chi connectivity index (χ1v) is 11.2. The number of nitrogens with zero attached hydrogens (tertiary/aromatic N) is 5. The number of anilines is 1. The van der Waals surface area contributed by atoms with Gasteiger partial charge in [-0.15, -0.1) is 0 Å². The van der Waals surface area contributed by atoms with E-state index in [-0.39, 0.29) is 11.6 Å². The maximum atomic E-state index is 12.8. The van der Waals surface area contributed by atoms with Crippen molar-refractivity contribution in [2.45, 2.75) is 50.6 Å². The maximum Gasteiger partial charge on any atom is 0.350 e. The minimum absolute atomic E-state index is 0.136. The minimum atomic E-state index is -0.427. The summed E-state index contributed by atoms with van der Waals surface area (Å²) in [5.41, 5.74) is 2.23. The van der Waals surface area contributed by atoms with Crippen molar-refractivity contribution in [1.29, 1.82) is 0 Å². The van der Waals surface area contributed by atoms with Crippen LogP contribution in [0.1, 0.15) is 43.7 Å². The molecule has 1 unspecified atom stereocenters. The summed E-state index contributed by atoms with van der Waals surface area (Å²) in [5, 5.41) is 0.517. The Morgan fingerprint density at radius 3 is 2.65 bits per heavy atom. The second kappa shape index (κ2) is 7.13. The fourth-order valence-corrected chi connectivity index (χ4v) is 5.69. The van der Waals surface area contributed by atoms with Crippen molar-refractivity contribution in [1.82, 2.24) is 14.1 Å². The lowest BCUT2D eigenvalue weighted by atomic mass is 9.95. The zero-order valence-corrected chi connectivity index (χ0v) is 18.3.